The molecule has 0 heterocycles. The molecule has 112 valence electrons. The van der Waals surface area contributed by atoms with Gasteiger partial charge in [0.1, 0.15) is 5.75 Å². The molecule has 3 N–H and O–H groups in total. The molecule has 1 amide bonds. The van der Waals surface area contributed by atoms with Gasteiger partial charge >= 0.3 is 6.18 Å². The fourth-order valence-corrected chi connectivity index (χ4v) is 1.59. The highest BCUT2D eigenvalue weighted by Crippen LogP contribution is 2.36. The summed E-state index contributed by atoms with van der Waals surface area (Å²) >= 11 is 0. The van der Waals surface area contributed by atoms with Gasteiger partial charge in [-0.1, -0.05) is 6.07 Å². The Morgan fingerprint density at radius 1 is 1.40 bits per heavy atom. The Labute approximate surface area is 115 Å². The van der Waals surface area contributed by atoms with Crippen molar-refractivity contribution in [1.29, 1.82) is 0 Å². The SMILES string of the molecule is CCNC(=O)CCOc1ccc(CN)cc1C(F)(F)F. The van der Waals surface area contributed by atoms with Crippen molar-refractivity contribution in [2.24, 2.45) is 5.73 Å². The van der Waals surface area contributed by atoms with Crippen LogP contribution in [0.4, 0.5) is 13.2 Å². The average Bonchev–Trinajstić information content (AvgIpc) is 2.38. The van der Waals surface area contributed by atoms with Gasteiger partial charge in [0.2, 0.25) is 5.91 Å². The van der Waals surface area contributed by atoms with E-state index in [0.29, 0.717) is 12.1 Å². The van der Waals surface area contributed by atoms with E-state index in [1.54, 1.807) is 6.92 Å². The molecule has 0 saturated heterocycles. The van der Waals surface area contributed by atoms with Crippen LogP contribution in [0.25, 0.3) is 0 Å². The van der Waals surface area contributed by atoms with Crippen LogP contribution >= 0.6 is 0 Å². The molecule has 0 bridgehead atoms. The molecule has 0 spiro atoms. The summed E-state index contributed by atoms with van der Waals surface area (Å²) in [6, 6.07) is 3.65. The van der Waals surface area contributed by atoms with Crippen LogP contribution in [0.15, 0.2) is 18.2 Å². The van der Waals surface area contributed by atoms with Crippen LogP contribution in [0.1, 0.15) is 24.5 Å². The number of carbonyl (C=O) groups excluding carboxylic acids is 1. The summed E-state index contributed by atoms with van der Waals surface area (Å²) in [5, 5.41) is 2.54. The second-order valence-corrected chi connectivity index (χ2v) is 4.08. The Kier molecular flexibility index (Phi) is 5.82. The quantitative estimate of drug-likeness (QED) is 0.843. The van der Waals surface area contributed by atoms with Gasteiger partial charge < -0.3 is 15.8 Å². The van der Waals surface area contributed by atoms with E-state index in [1.165, 1.54) is 12.1 Å². The maximum Gasteiger partial charge on any atom is 0.419 e. The molecule has 4 nitrogen and oxygen atoms in total. The first-order chi connectivity index (χ1) is 9.38. The Hall–Kier alpha value is -1.76. The number of nitrogens with two attached hydrogens (primary N) is 1. The molecule has 0 aliphatic carbocycles. The predicted octanol–water partition coefficient (Wildman–Crippen LogP) is 2.07. The van der Waals surface area contributed by atoms with Crippen LogP contribution in [0.5, 0.6) is 5.75 Å². The van der Waals surface area contributed by atoms with Gasteiger partial charge in [0.05, 0.1) is 18.6 Å². The van der Waals surface area contributed by atoms with Gasteiger partial charge in [-0.15, -0.1) is 0 Å². The second-order valence-electron chi connectivity index (χ2n) is 4.08. The molecular weight excluding hydrogens is 273 g/mol. The van der Waals surface area contributed by atoms with Gasteiger partial charge in [0, 0.05) is 13.1 Å². The highest BCUT2D eigenvalue weighted by molar-refractivity contribution is 5.75. The Morgan fingerprint density at radius 3 is 2.65 bits per heavy atom. The number of ether oxygens (including phenoxy) is 1. The minimum absolute atomic E-state index is 0.00375. The molecule has 0 unspecified atom stereocenters. The summed E-state index contributed by atoms with van der Waals surface area (Å²) in [4.78, 5) is 11.2. The molecule has 20 heavy (non-hydrogen) atoms. The highest BCUT2D eigenvalue weighted by atomic mass is 19.4. The van der Waals surface area contributed by atoms with E-state index in [4.69, 9.17) is 10.5 Å². The summed E-state index contributed by atoms with van der Waals surface area (Å²) in [5.74, 6) is -0.557. The average molecular weight is 290 g/mol. The van der Waals surface area contributed by atoms with Crippen molar-refractivity contribution in [2.45, 2.75) is 26.1 Å². The lowest BCUT2D eigenvalue weighted by atomic mass is 10.1. The number of hydrogen-bond acceptors (Lipinski definition) is 3. The molecule has 0 aliphatic rings. The van der Waals surface area contributed by atoms with Crippen molar-refractivity contribution >= 4 is 5.91 Å². The number of nitrogens with one attached hydrogen (secondary N) is 1. The number of benzene rings is 1. The van der Waals surface area contributed by atoms with Gasteiger partial charge in [-0.3, -0.25) is 4.79 Å². The topological polar surface area (TPSA) is 64.3 Å². The summed E-state index contributed by atoms with van der Waals surface area (Å²) < 4.78 is 43.7. The third kappa shape index (κ3) is 4.73. The van der Waals surface area contributed by atoms with E-state index >= 15 is 0 Å². The number of rotatable bonds is 6. The molecule has 7 heteroatoms. The molecule has 1 aromatic carbocycles. The molecule has 0 saturated carbocycles. The maximum absolute atomic E-state index is 12.9. The van der Waals surface area contributed by atoms with Gasteiger partial charge in [0.15, 0.2) is 0 Å². The summed E-state index contributed by atoms with van der Waals surface area (Å²) in [7, 11) is 0. The van der Waals surface area contributed by atoms with E-state index in [1.807, 2.05) is 0 Å². The van der Waals surface area contributed by atoms with Crippen LogP contribution in [-0.2, 0) is 17.5 Å². The minimum Gasteiger partial charge on any atom is -0.492 e. The summed E-state index contributed by atoms with van der Waals surface area (Å²) in [6.45, 7) is 2.13. The lowest BCUT2D eigenvalue weighted by Crippen LogP contribution is -2.24. The first-order valence-electron chi connectivity index (χ1n) is 6.18. The third-order valence-corrected chi connectivity index (χ3v) is 2.55. The monoisotopic (exact) mass is 290 g/mol. The highest BCUT2D eigenvalue weighted by Gasteiger charge is 2.34. The molecule has 0 aliphatic heterocycles. The van der Waals surface area contributed by atoms with Gasteiger partial charge in [-0.25, -0.2) is 0 Å². The molecule has 0 aromatic heterocycles. The van der Waals surface area contributed by atoms with Crippen molar-refractivity contribution in [2.75, 3.05) is 13.2 Å². The molecule has 1 rings (SSSR count). The first-order valence-corrected chi connectivity index (χ1v) is 6.18. The van der Waals surface area contributed by atoms with Crippen molar-refractivity contribution in [1.82, 2.24) is 5.32 Å². The molecule has 1 aromatic rings. The Bertz CT molecular complexity index is 461. The Balaban J connectivity index is 2.76. The van der Waals surface area contributed by atoms with Crippen LogP contribution in [-0.4, -0.2) is 19.1 Å². The fourth-order valence-electron chi connectivity index (χ4n) is 1.59. The van der Waals surface area contributed by atoms with Crippen LogP contribution < -0.4 is 15.8 Å². The van der Waals surface area contributed by atoms with E-state index in [2.05, 4.69) is 5.32 Å². The zero-order valence-electron chi connectivity index (χ0n) is 11.1. The summed E-state index contributed by atoms with van der Waals surface area (Å²) in [6.07, 6.45) is -4.52. The molecule has 0 radical (unpaired) electrons. The lowest BCUT2D eigenvalue weighted by Gasteiger charge is -2.15. The normalized spacial score (nSPS) is 11.2. The van der Waals surface area contributed by atoms with E-state index in [-0.39, 0.29) is 31.2 Å². The smallest absolute Gasteiger partial charge is 0.419 e. The predicted molar refractivity (Wildman–Crippen MR) is 68.1 cm³/mol. The van der Waals surface area contributed by atoms with E-state index < -0.39 is 11.7 Å². The van der Waals surface area contributed by atoms with Crippen molar-refractivity contribution in [3.8, 4) is 5.75 Å². The number of halogens is 3. The maximum atomic E-state index is 12.9. The van der Waals surface area contributed by atoms with E-state index in [0.717, 1.165) is 6.07 Å². The largest absolute Gasteiger partial charge is 0.492 e. The molecular formula is C13H17F3N2O2. The first kappa shape index (κ1) is 16.3. The van der Waals surface area contributed by atoms with Crippen molar-refractivity contribution in [3.63, 3.8) is 0 Å². The zero-order valence-corrected chi connectivity index (χ0v) is 11.1. The van der Waals surface area contributed by atoms with Gasteiger partial charge in [-0.2, -0.15) is 13.2 Å². The zero-order chi connectivity index (χ0) is 15.2. The number of alkyl halides is 3. The van der Waals surface area contributed by atoms with Crippen LogP contribution in [0.2, 0.25) is 0 Å². The van der Waals surface area contributed by atoms with Crippen LogP contribution in [0.3, 0.4) is 0 Å². The second kappa shape index (κ2) is 7.14. The lowest BCUT2D eigenvalue weighted by molar-refractivity contribution is -0.139. The van der Waals surface area contributed by atoms with E-state index in [9.17, 15) is 18.0 Å². The van der Waals surface area contributed by atoms with Gasteiger partial charge in [0.25, 0.3) is 0 Å². The molecule has 0 atom stereocenters. The van der Waals surface area contributed by atoms with Crippen molar-refractivity contribution in [3.05, 3.63) is 29.3 Å². The minimum atomic E-state index is -4.52. The number of hydrogen-bond donors (Lipinski definition) is 2. The Morgan fingerprint density at radius 2 is 2.10 bits per heavy atom. The van der Waals surface area contributed by atoms with Gasteiger partial charge in [-0.05, 0) is 24.6 Å². The standard InChI is InChI=1S/C13H17F3N2O2/c1-2-18-12(19)5-6-20-11-4-3-9(8-17)7-10(11)13(14,15)16/h3-4,7H,2,5-6,8,17H2,1H3,(H,18,19). The van der Waals surface area contributed by atoms with Crippen LogP contribution in [0, 0.1) is 0 Å². The number of carbonyl (C=O) groups is 1. The summed E-state index contributed by atoms with van der Waals surface area (Å²) in [5.41, 5.74) is 4.81. The third-order valence-electron chi connectivity index (χ3n) is 2.55. The van der Waals surface area contributed by atoms with Crippen molar-refractivity contribution < 1.29 is 22.7 Å². The molecule has 0 fully saturated rings. The number of amides is 1. The fraction of sp³-hybridized carbons (Fsp3) is 0.462.